The zero-order valence-electron chi connectivity index (χ0n) is 11.6. The van der Waals surface area contributed by atoms with Crippen LogP contribution in [0.15, 0.2) is 36.4 Å². The van der Waals surface area contributed by atoms with Gasteiger partial charge in [-0.05, 0) is 31.2 Å². The van der Waals surface area contributed by atoms with E-state index in [1.54, 1.807) is 38.5 Å². The smallest absolute Gasteiger partial charge is 0.257 e. The molecule has 1 N–H and O–H groups in total. The fourth-order valence-corrected chi connectivity index (χ4v) is 1.74. The second-order valence-electron chi connectivity index (χ2n) is 4.22. The van der Waals surface area contributed by atoms with E-state index in [9.17, 15) is 4.79 Å². The topological polar surface area (TPSA) is 60.5 Å². The molecule has 1 heterocycles. The molecule has 0 spiro atoms. The molecule has 0 bridgehead atoms. The first-order valence-electron chi connectivity index (χ1n) is 6.10. The molecule has 0 aliphatic heterocycles. The van der Waals surface area contributed by atoms with Gasteiger partial charge in [0.25, 0.3) is 5.91 Å². The first-order valence-corrected chi connectivity index (χ1v) is 6.10. The molecule has 2 aromatic rings. The van der Waals surface area contributed by atoms with E-state index in [0.29, 0.717) is 22.9 Å². The number of amides is 1. The molecule has 1 aromatic carbocycles. The van der Waals surface area contributed by atoms with Crippen LogP contribution in [0, 0.1) is 6.92 Å². The van der Waals surface area contributed by atoms with Crippen LogP contribution in [0.5, 0.6) is 11.5 Å². The van der Waals surface area contributed by atoms with Crippen molar-refractivity contribution in [3.05, 3.63) is 47.7 Å². The SMILES string of the molecule is COc1cc(OC)cc(C(=O)Nc2cccc(C)n2)c1. The third-order valence-corrected chi connectivity index (χ3v) is 2.74. The van der Waals surface area contributed by atoms with Crippen LogP contribution in [0.4, 0.5) is 5.82 Å². The van der Waals surface area contributed by atoms with Crippen LogP contribution in [0.3, 0.4) is 0 Å². The van der Waals surface area contributed by atoms with Crippen LogP contribution in [-0.2, 0) is 0 Å². The summed E-state index contributed by atoms with van der Waals surface area (Å²) in [5, 5.41) is 2.74. The minimum absolute atomic E-state index is 0.264. The summed E-state index contributed by atoms with van der Waals surface area (Å²) in [6, 6.07) is 10.4. The number of hydrogen-bond donors (Lipinski definition) is 1. The normalized spacial score (nSPS) is 9.95. The molecule has 0 saturated carbocycles. The van der Waals surface area contributed by atoms with Crippen molar-refractivity contribution in [3.63, 3.8) is 0 Å². The number of ether oxygens (including phenoxy) is 2. The number of carbonyl (C=O) groups excluding carboxylic acids is 1. The number of pyridine rings is 1. The Hall–Kier alpha value is -2.56. The third-order valence-electron chi connectivity index (χ3n) is 2.74. The molecule has 2 rings (SSSR count). The van der Waals surface area contributed by atoms with Crippen LogP contribution in [0.2, 0.25) is 0 Å². The Balaban J connectivity index is 2.24. The number of rotatable bonds is 4. The highest BCUT2D eigenvalue weighted by molar-refractivity contribution is 6.04. The number of aryl methyl sites for hydroxylation is 1. The minimum Gasteiger partial charge on any atom is -0.497 e. The molecule has 0 unspecified atom stereocenters. The zero-order chi connectivity index (χ0) is 14.5. The number of carbonyl (C=O) groups is 1. The van der Waals surface area contributed by atoms with E-state index in [-0.39, 0.29) is 5.91 Å². The van der Waals surface area contributed by atoms with Crippen molar-refractivity contribution in [2.75, 3.05) is 19.5 Å². The van der Waals surface area contributed by atoms with Crippen LogP contribution < -0.4 is 14.8 Å². The number of aromatic nitrogens is 1. The van der Waals surface area contributed by atoms with Gasteiger partial charge in [-0.3, -0.25) is 4.79 Å². The van der Waals surface area contributed by atoms with Crippen molar-refractivity contribution in [3.8, 4) is 11.5 Å². The van der Waals surface area contributed by atoms with E-state index in [2.05, 4.69) is 10.3 Å². The molecule has 1 amide bonds. The summed E-state index contributed by atoms with van der Waals surface area (Å²) in [4.78, 5) is 16.4. The maximum absolute atomic E-state index is 12.2. The third kappa shape index (κ3) is 3.26. The number of hydrogen-bond acceptors (Lipinski definition) is 4. The van der Waals surface area contributed by atoms with Crippen LogP contribution in [0.25, 0.3) is 0 Å². The highest BCUT2D eigenvalue weighted by Crippen LogP contribution is 2.23. The summed E-state index contributed by atoms with van der Waals surface area (Å²) < 4.78 is 10.3. The lowest BCUT2D eigenvalue weighted by molar-refractivity contribution is 0.102. The van der Waals surface area contributed by atoms with E-state index >= 15 is 0 Å². The summed E-state index contributed by atoms with van der Waals surface area (Å²) in [6.45, 7) is 1.87. The lowest BCUT2D eigenvalue weighted by Crippen LogP contribution is -2.13. The Morgan fingerprint density at radius 3 is 2.30 bits per heavy atom. The summed E-state index contributed by atoms with van der Waals surface area (Å²) in [6.07, 6.45) is 0. The second kappa shape index (κ2) is 6.06. The summed E-state index contributed by atoms with van der Waals surface area (Å²) in [7, 11) is 3.08. The highest BCUT2D eigenvalue weighted by Gasteiger charge is 2.10. The van der Waals surface area contributed by atoms with Crippen molar-refractivity contribution < 1.29 is 14.3 Å². The largest absolute Gasteiger partial charge is 0.497 e. The Kier molecular flexibility index (Phi) is 4.20. The fourth-order valence-electron chi connectivity index (χ4n) is 1.74. The molecular weight excluding hydrogens is 256 g/mol. The summed E-state index contributed by atoms with van der Waals surface area (Å²) in [5.74, 6) is 1.37. The number of nitrogens with zero attached hydrogens (tertiary/aromatic N) is 1. The van der Waals surface area contributed by atoms with Crippen molar-refractivity contribution >= 4 is 11.7 Å². The van der Waals surface area contributed by atoms with E-state index in [1.807, 2.05) is 19.1 Å². The van der Waals surface area contributed by atoms with Gasteiger partial charge in [0, 0.05) is 17.3 Å². The average Bonchev–Trinajstić information content (AvgIpc) is 2.46. The van der Waals surface area contributed by atoms with E-state index in [0.717, 1.165) is 5.69 Å². The molecule has 1 aromatic heterocycles. The number of anilines is 1. The molecule has 5 nitrogen and oxygen atoms in total. The van der Waals surface area contributed by atoms with Crippen LogP contribution in [-0.4, -0.2) is 25.1 Å². The molecule has 20 heavy (non-hydrogen) atoms. The summed E-state index contributed by atoms with van der Waals surface area (Å²) >= 11 is 0. The Morgan fingerprint density at radius 1 is 1.10 bits per heavy atom. The van der Waals surface area contributed by atoms with E-state index in [4.69, 9.17) is 9.47 Å². The van der Waals surface area contributed by atoms with Crippen LogP contribution in [0.1, 0.15) is 16.1 Å². The maximum Gasteiger partial charge on any atom is 0.257 e. The number of nitrogens with one attached hydrogen (secondary N) is 1. The highest BCUT2D eigenvalue weighted by atomic mass is 16.5. The Bertz CT molecular complexity index is 604. The predicted octanol–water partition coefficient (Wildman–Crippen LogP) is 2.66. The maximum atomic E-state index is 12.2. The first kappa shape index (κ1) is 13.9. The zero-order valence-corrected chi connectivity index (χ0v) is 11.6. The molecule has 0 aliphatic rings. The molecular formula is C15H16N2O3. The summed E-state index contributed by atoms with van der Waals surface area (Å²) in [5.41, 5.74) is 1.29. The van der Waals surface area contributed by atoms with Crippen LogP contribution >= 0.6 is 0 Å². The molecule has 0 aliphatic carbocycles. The van der Waals surface area contributed by atoms with Gasteiger partial charge in [-0.25, -0.2) is 4.98 Å². The average molecular weight is 272 g/mol. The van der Waals surface area contributed by atoms with Gasteiger partial charge >= 0.3 is 0 Å². The van der Waals surface area contributed by atoms with Gasteiger partial charge in [-0.2, -0.15) is 0 Å². The monoisotopic (exact) mass is 272 g/mol. The van der Waals surface area contributed by atoms with Crippen molar-refractivity contribution in [1.82, 2.24) is 4.98 Å². The predicted molar refractivity (Wildman–Crippen MR) is 76.5 cm³/mol. The standard InChI is InChI=1S/C15H16N2O3/c1-10-5-4-6-14(16-10)17-15(18)11-7-12(19-2)9-13(8-11)20-3/h4-9H,1-3H3,(H,16,17,18). The van der Waals surface area contributed by atoms with Gasteiger partial charge in [-0.15, -0.1) is 0 Å². The lowest BCUT2D eigenvalue weighted by Gasteiger charge is -2.09. The van der Waals surface area contributed by atoms with Crippen molar-refractivity contribution in [1.29, 1.82) is 0 Å². The van der Waals surface area contributed by atoms with E-state index < -0.39 is 0 Å². The molecule has 104 valence electrons. The molecule has 0 atom stereocenters. The minimum atomic E-state index is -0.264. The lowest BCUT2D eigenvalue weighted by atomic mass is 10.2. The van der Waals surface area contributed by atoms with Crippen molar-refractivity contribution in [2.24, 2.45) is 0 Å². The first-order chi connectivity index (χ1) is 9.62. The quantitative estimate of drug-likeness (QED) is 0.929. The molecule has 0 saturated heterocycles. The van der Waals surface area contributed by atoms with Gasteiger partial charge < -0.3 is 14.8 Å². The van der Waals surface area contributed by atoms with Gasteiger partial charge in [-0.1, -0.05) is 6.07 Å². The van der Waals surface area contributed by atoms with E-state index in [1.165, 1.54) is 0 Å². The van der Waals surface area contributed by atoms with Gasteiger partial charge in [0.05, 0.1) is 14.2 Å². The molecule has 0 radical (unpaired) electrons. The van der Waals surface area contributed by atoms with Gasteiger partial charge in [0.15, 0.2) is 0 Å². The molecule has 0 fully saturated rings. The number of benzene rings is 1. The fraction of sp³-hybridized carbons (Fsp3) is 0.200. The van der Waals surface area contributed by atoms with Crippen molar-refractivity contribution in [2.45, 2.75) is 6.92 Å². The number of methoxy groups -OCH3 is 2. The second-order valence-corrected chi connectivity index (χ2v) is 4.22. The Morgan fingerprint density at radius 2 is 1.75 bits per heavy atom. The van der Waals surface area contributed by atoms with Gasteiger partial charge in [0.2, 0.25) is 0 Å². The molecule has 5 heteroatoms. The Labute approximate surface area is 117 Å². The van der Waals surface area contributed by atoms with Gasteiger partial charge in [0.1, 0.15) is 17.3 Å².